The highest BCUT2D eigenvalue weighted by Crippen LogP contribution is 2.03. The summed E-state index contributed by atoms with van der Waals surface area (Å²) in [5, 5.41) is 15.8. The standard InChI is InChI=1S/C18H16N6O/c25-18(21-19-13-16-9-5-2-6-10-16)14-24-22-17(20-23-24)12-11-15-7-3-1-4-8-15/h1-13H,14H2,(H,21,25)/b12-11+,19-13+. The number of rotatable bonds is 6. The van der Waals surface area contributed by atoms with Crippen LogP contribution in [-0.4, -0.2) is 32.3 Å². The minimum Gasteiger partial charge on any atom is -0.271 e. The molecule has 7 heteroatoms. The maximum absolute atomic E-state index is 11.8. The van der Waals surface area contributed by atoms with Gasteiger partial charge in [0.2, 0.25) is 0 Å². The lowest BCUT2D eigenvalue weighted by atomic mass is 10.2. The molecule has 1 aromatic heterocycles. The molecule has 0 aliphatic carbocycles. The molecule has 0 unspecified atom stereocenters. The smallest absolute Gasteiger partial charge is 0.263 e. The molecule has 25 heavy (non-hydrogen) atoms. The average molecular weight is 332 g/mol. The van der Waals surface area contributed by atoms with Gasteiger partial charge in [-0.15, -0.1) is 10.2 Å². The number of nitrogens with one attached hydrogen (secondary N) is 1. The van der Waals surface area contributed by atoms with Gasteiger partial charge < -0.3 is 0 Å². The molecule has 3 rings (SSSR count). The minimum atomic E-state index is -0.330. The van der Waals surface area contributed by atoms with E-state index in [0.29, 0.717) is 5.82 Å². The van der Waals surface area contributed by atoms with Gasteiger partial charge in [-0.2, -0.15) is 9.90 Å². The predicted molar refractivity (Wildman–Crippen MR) is 95.4 cm³/mol. The maximum Gasteiger partial charge on any atom is 0.263 e. The van der Waals surface area contributed by atoms with Crippen LogP contribution in [0, 0.1) is 0 Å². The third kappa shape index (κ3) is 5.21. The number of aromatic nitrogens is 4. The molecular formula is C18H16N6O. The Morgan fingerprint density at radius 2 is 1.68 bits per heavy atom. The molecule has 1 heterocycles. The van der Waals surface area contributed by atoms with Crippen LogP contribution in [0.15, 0.2) is 65.8 Å². The Labute approximate surface area is 144 Å². The van der Waals surface area contributed by atoms with Gasteiger partial charge in [-0.25, -0.2) is 5.43 Å². The predicted octanol–water partition coefficient (Wildman–Crippen LogP) is 1.99. The lowest BCUT2D eigenvalue weighted by molar-refractivity contribution is -0.122. The summed E-state index contributed by atoms with van der Waals surface area (Å²) in [7, 11) is 0. The third-order valence-corrected chi connectivity index (χ3v) is 3.18. The van der Waals surface area contributed by atoms with Crippen LogP contribution in [-0.2, 0) is 11.3 Å². The molecule has 3 aromatic rings. The minimum absolute atomic E-state index is 0.0572. The summed E-state index contributed by atoms with van der Waals surface area (Å²) in [5.74, 6) is 0.104. The Kier molecular flexibility index (Phi) is 5.40. The van der Waals surface area contributed by atoms with Crippen molar-refractivity contribution in [2.45, 2.75) is 6.54 Å². The van der Waals surface area contributed by atoms with Gasteiger partial charge in [0.05, 0.1) is 6.21 Å². The summed E-state index contributed by atoms with van der Waals surface area (Å²) in [6, 6.07) is 19.3. The highest BCUT2D eigenvalue weighted by atomic mass is 16.2. The van der Waals surface area contributed by atoms with Gasteiger partial charge in [-0.05, 0) is 22.4 Å². The molecule has 1 N–H and O–H groups in total. The molecule has 124 valence electrons. The van der Waals surface area contributed by atoms with Crippen molar-refractivity contribution in [2.75, 3.05) is 0 Å². The zero-order valence-electron chi connectivity index (χ0n) is 13.4. The SMILES string of the molecule is O=C(Cn1nnc(/C=C/c2ccccc2)n1)N/N=C/c1ccccc1. The van der Waals surface area contributed by atoms with Crippen LogP contribution >= 0.6 is 0 Å². The van der Waals surface area contributed by atoms with E-state index in [1.54, 1.807) is 12.3 Å². The molecule has 0 saturated heterocycles. The number of hydrazone groups is 1. The first-order chi connectivity index (χ1) is 12.3. The molecular weight excluding hydrogens is 316 g/mol. The lowest BCUT2D eigenvalue weighted by Crippen LogP contribution is -2.24. The van der Waals surface area contributed by atoms with Gasteiger partial charge in [-0.3, -0.25) is 4.79 Å². The van der Waals surface area contributed by atoms with Gasteiger partial charge >= 0.3 is 0 Å². The largest absolute Gasteiger partial charge is 0.271 e. The zero-order chi connectivity index (χ0) is 17.3. The van der Waals surface area contributed by atoms with E-state index in [2.05, 4.69) is 25.9 Å². The fraction of sp³-hybridized carbons (Fsp3) is 0.0556. The van der Waals surface area contributed by atoms with E-state index in [4.69, 9.17) is 0 Å². The molecule has 0 saturated carbocycles. The Morgan fingerprint density at radius 3 is 2.40 bits per heavy atom. The third-order valence-electron chi connectivity index (χ3n) is 3.18. The Balaban J connectivity index is 1.51. The molecule has 2 aromatic carbocycles. The number of carbonyl (C=O) groups is 1. The second-order valence-corrected chi connectivity index (χ2v) is 5.13. The number of nitrogens with zero attached hydrogens (tertiary/aromatic N) is 5. The highest BCUT2D eigenvalue weighted by molar-refractivity contribution is 5.82. The Morgan fingerprint density at radius 1 is 1.00 bits per heavy atom. The van der Waals surface area contributed by atoms with Crippen molar-refractivity contribution in [3.8, 4) is 0 Å². The van der Waals surface area contributed by atoms with Crippen molar-refractivity contribution in [1.29, 1.82) is 0 Å². The normalized spacial score (nSPS) is 11.2. The molecule has 0 atom stereocenters. The Bertz CT molecular complexity index is 871. The molecule has 0 bridgehead atoms. The first-order valence-electron chi connectivity index (χ1n) is 7.67. The molecule has 7 nitrogen and oxygen atoms in total. The number of hydrogen-bond donors (Lipinski definition) is 1. The van der Waals surface area contributed by atoms with Gasteiger partial charge in [-0.1, -0.05) is 66.7 Å². The Hall–Kier alpha value is -3.61. The van der Waals surface area contributed by atoms with Crippen LogP contribution in [0.4, 0.5) is 0 Å². The van der Waals surface area contributed by atoms with Crippen LogP contribution in [0.25, 0.3) is 12.2 Å². The molecule has 1 amide bonds. The summed E-state index contributed by atoms with van der Waals surface area (Å²) in [6.07, 6.45) is 5.19. The van der Waals surface area contributed by atoms with Crippen molar-refractivity contribution >= 4 is 24.3 Å². The summed E-state index contributed by atoms with van der Waals surface area (Å²) in [5.41, 5.74) is 4.36. The molecule has 0 aliphatic heterocycles. The molecule has 0 aliphatic rings. The highest BCUT2D eigenvalue weighted by Gasteiger charge is 2.05. The van der Waals surface area contributed by atoms with Crippen LogP contribution in [0.5, 0.6) is 0 Å². The average Bonchev–Trinajstić information content (AvgIpc) is 3.09. The van der Waals surface area contributed by atoms with Gasteiger partial charge in [0, 0.05) is 0 Å². The van der Waals surface area contributed by atoms with E-state index in [1.807, 2.05) is 66.7 Å². The lowest BCUT2D eigenvalue weighted by Gasteiger charge is -1.97. The maximum atomic E-state index is 11.8. The van der Waals surface area contributed by atoms with Crippen LogP contribution in [0.3, 0.4) is 0 Å². The first-order valence-corrected chi connectivity index (χ1v) is 7.67. The van der Waals surface area contributed by atoms with E-state index in [1.165, 1.54) is 4.80 Å². The quantitative estimate of drug-likeness (QED) is 0.552. The zero-order valence-corrected chi connectivity index (χ0v) is 13.4. The fourth-order valence-corrected chi connectivity index (χ4v) is 2.01. The topological polar surface area (TPSA) is 85.1 Å². The number of amides is 1. The van der Waals surface area contributed by atoms with Crippen molar-refractivity contribution in [3.63, 3.8) is 0 Å². The molecule has 0 fully saturated rings. The monoisotopic (exact) mass is 332 g/mol. The van der Waals surface area contributed by atoms with E-state index in [9.17, 15) is 4.79 Å². The summed E-state index contributed by atoms with van der Waals surface area (Å²) in [4.78, 5) is 13.0. The second kappa shape index (κ2) is 8.30. The second-order valence-electron chi connectivity index (χ2n) is 5.13. The van der Waals surface area contributed by atoms with Crippen molar-refractivity contribution in [1.82, 2.24) is 25.6 Å². The van der Waals surface area contributed by atoms with Gasteiger partial charge in [0.15, 0.2) is 5.82 Å². The fourth-order valence-electron chi connectivity index (χ4n) is 2.01. The number of tetrazole rings is 1. The summed E-state index contributed by atoms with van der Waals surface area (Å²) in [6.45, 7) is -0.0572. The van der Waals surface area contributed by atoms with Crippen molar-refractivity contribution < 1.29 is 4.79 Å². The summed E-state index contributed by atoms with van der Waals surface area (Å²) >= 11 is 0. The van der Waals surface area contributed by atoms with Gasteiger partial charge in [0.1, 0.15) is 6.54 Å². The number of carbonyl (C=O) groups excluding carboxylic acids is 1. The van der Waals surface area contributed by atoms with Crippen molar-refractivity contribution in [3.05, 3.63) is 77.6 Å². The van der Waals surface area contributed by atoms with Gasteiger partial charge in [0.25, 0.3) is 5.91 Å². The van der Waals surface area contributed by atoms with Crippen LogP contribution in [0.2, 0.25) is 0 Å². The number of hydrogen-bond acceptors (Lipinski definition) is 5. The van der Waals surface area contributed by atoms with E-state index < -0.39 is 0 Å². The van der Waals surface area contributed by atoms with E-state index in [0.717, 1.165) is 11.1 Å². The summed E-state index contributed by atoms with van der Waals surface area (Å²) < 4.78 is 0. The van der Waals surface area contributed by atoms with Crippen LogP contribution in [0.1, 0.15) is 17.0 Å². The first kappa shape index (κ1) is 16.3. The number of benzene rings is 2. The molecule has 0 radical (unpaired) electrons. The molecule has 0 spiro atoms. The van der Waals surface area contributed by atoms with Crippen LogP contribution < -0.4 is 5.43 Å². The van der Waals surface area contributed by atoms with E-state index >= 15 is 0 Å². The van der Waals surface area contributed by atoms with E-state index in [-0.39, 0.29) is 12.5 Å². The van der Waals surface area contributed by atoms with Crippen molar-refractivity contribution in [2.24, 2.45) is 5.10 Å².